The second kappa shape index (κ2) is 5.45. The van der Waals surface area contributed by atoms with Crippen LogP contribution < -0.4 is 9.47 Å². The first kappa shape index (κ1) is 11.6. The number of rotatable bonds is 4. The first-order valence-electron chi connectivity index (χ1n) is 4.90. The zero-order chi connectivity index (χ0) is 12.1. The van der Waals surface area contributed by atoms with Gasteiger partial charge >= 0.3 is 12.0 Å². The largest absolute Gasteiger partial charge is 0.467 e. The number of hydrogen-bond acceptors (Lipinski definition) is 5. The van der Waals surface area contributed by atoms with E-state index in [4.69, 9.17) is 21.1 Å². The number of benzene rings is 1. The number of halogens is 1. The van der Waals surface area contributed by atoms with Gasteiger partial charge in [0.25, 0.3) is 0 Å². The predicted octanol–water partition coefficient (Wildman–Crippen LogP) is 2.11. The fourth-order valence-corrected chi connectivity index (χ4v) is 1.34. The molecule has 17 heavy (non-hydrogen) atoms. The third-order valence-corrected chi connectivity index (χ3v) is 2.13. The van der Waals surface area contributed by atoms with E-state index in [1.165, 1.54) is 7.11 Å². The summed E-state index contributed by atoms with van der Waals surface area (Å²) in [5.74, 6) is 0. The third-order valence-electron chi connectivity index (χ3n) is 1.96. The lowest BCUT2D eigenvalue weighted by atomic mass is 10.2. The van der Waals surface area contributed by atoms with E-state index in [0.717, 1.165) is 5.56 Å². The SMILES string of the molecule is COc1nc(Cl)nc(OCc2ccccc2)n1. The minimum atomic E-state index is 0.0416. The second-order valence-electron chi connectivity index (χ2n) is 3.15. The Bertz CT molecular complexity index is 493. The van der Waals surface area contributed by atoms with Gasteiger partial charge in [0.05, 0.1) is 7.11 Å². The smallest absolute Gasteiger partial charge is 0.324 e. The van der Waals surface area contributed by atoms with Gasteiger partial charge in [-0.1, -0.05) is 30.3 Å². The summed E-state index contributed by atoms with van der Waals surface area (Å²) in [6, 6.07) is 9.96. The lowest BCUT2D eigenvalue weighted by Crippen LogP contribution is -2.02. The van der Waals surface area contributed by atoms with Gasteiger partial charge in [0.15, 0.2) is 0 Å². The Morgan fingerprint density at radius 3 is 2.47 bits per heavy atom. The molecule has 0 aliphatic rings. The molecule has 0 radical (unpaired) electrons. The highest BCUT2D eigenvalue weighted by atomic mass is 35.5. The van der Waals surface area contributed by atoms with E-state index in [1.807, 2.05) is 30.3 Å². The van der Waals surface area contributed by atoms with Crippen molar-refractivity contribution in [3.05, 3.63) is 41.2 Å². The molecule has 0 bridgehead atoms. The molecule has 1 aromatic carbocycles. The van der Waals surface area contributed by atoms with Crippen LogP contribution in [0.25, 0.3) is 0 Å². The molecule has 0 N–H and O–H groups in total. The molecule has 6 heteroatoms. The van der Waals surface area contributed by atoms with Crippen LogP contribution in [0.3, 0.4) is 0 Å². The lowest BCUT2D eigenvalue weighted by molar-refractivity contribution is 0.270. The summed E-state index contributed by atoms with van der Waals surface area (Å²) in [5.41, 5.74) is 1.02. The molecule has 0 unspecified atom stereocenters. The Kier molecular flexibility index (Phi) is 3.72. The van der Waals surface area contributed by atoms with Crippen LogP contribution in [-0.2, 0) is 6.61 Å². The normalized spacial score (nSPS) is 10.0. The van der Waals surface area contributed by atoms with Crippen molar-refractivity contribution in [2.75, 3.05) is 7.11 Å². The highest BCUT2D eigenvalue weighted by Gasteiger charge is 2.06. The maximum absolute atomic E-state index is 5.69. The van der Waals surface area contributed by atoms with E-state index >= 15 is 0 Å². The number of aromatic nitrogens is 3. The average Bonchev–Trinajstić information content (AvgIpc) is 2.37. The van der Waals surface area contributed by atoms with Crippen molar-refractivity contribution in [2.45, 2.75) is 6.61 Å². The van der Waals surface area contributed by atoms with E-state index in [2.05, 4.69) is 15.0 Å². The lowest BCUT2D eigenvalue weighted by Gasteiger charge is -2.05. The molecule has 0 amide bonds. The summed E-state index contributed by atoms with van der Waals surface area (Å²) >= 11 is 5.69. The van der Waals surface area contributed by atoms with Gasteiger partial charge < -0.3 is 9.47 Å². The first-order valence-corrected chi connectivity index (χ1v) is 5.28. The van der Waals surface area contributed by atoms with Crippen molar-refractivity contribution in [1.82, 2.24) is 15.0 Å². The molecule has 2 aromatic rings. The van der Waals surface area contributed by atoms with E-state index < -0.39 is 0 Å². The predicted molar refractivity (Wildman–Crippen MR) is 62.2 cm³/mol. The molecule has 0 fully saturated rings. The van der Waals surface area contributed by atoms with Crippen molar-refractivity contribution < 1.29 is 9.47 Å². The maximum Gasteiger partial charge on any atom is 0.324 e. The van der Waals surface area contributed by atoms with Gasteiger partial charge in [-0.2, -0.15) is 9.97 Å². The average molecular weight is 252 g/mol. The van der Waals surface area contributed by atoms with E-state index in [9.17, 15) is 0 Å². The van der Waals surface area contributed by atoms with E-state index in [1.54, 1.807) is 0 Å². The summed E-state index contributed by atoms with van der Waals surface area (Å²) < 4.78 is 10.2. The Labute approximate surface area is 103 Å². The van der Waals surface area contributed by atoms with Gasteiger partial charge in [-0.25, -0.2) is 0 Å². The van der Waals surface area contributed by atoms with Gasteiger partial charge in [-0.15, -0.1) is 4.98 Å². The molecular weight excluding hydrogens is 242 g/mol. The molecule has 0 aliphatic heterocycles. The highest BCUT2D eigenvalue weighted by molar-refractivity contribution is 6.28. The van der Waals surface area contributed by atoms with Crippen LogP contribution in [-0.4, -0.2) is 22.1 Å². The van der Waals surface area contributed by atoms with E-state index in [0.29, 0.717) is 6.61 Å². The van der Waals surface area contributed by atoms with Gasteiger partial charge in [0.2, 0.25) is 5.28 Å². The number of ether oxygens (including phenoxy) is 2. The molecule has 1 heterocycles. The second-order valence-corrected chi connectivity index (χ2v) is 3.49. The van der Waals surface area contributed by atoms with Crippen LogP contribution in [0, 0.1) is 0 Å². The summed E-state index contributed by atoms with van der Waals surface area (Å²) in [6.07, 6.45) is 0. The zero-order valence-electron chi connectivity index (χ0n) is 9.13. The molecule has 2 rings (SSSR count). The van der Waals surface area contributed by atoms with Crippen molar-refractivity contribution in [3.8, 4) is 12.0 Å². The molecule has 1 aromatic heterocycles. The number of methoxy groups -OCH3 is 1. The van der Waals surface area contributed by atoms with E-state index in [-0.39, 0.29) is 17.3 Å². The van der Waals surface area contributed by atoms with Crippen LogP contribution in [0.1, 0.15) is 5.56 Å². The van der Waals surface area contributed by atoms with Crippen molar-refractivity contribution in [3.63, 3.8) is 0 Å². The highest BCUT2D eigenvalue weighted by Crippen LogP contribution is 2.13. The number of nitrogens with zero attached hydrogens (tertiary/aromatic N) is 3. The van der Waals surface area contributed by atoms with Gasteiger partial charge in [0, 0.05) is 0 Å². The third kappa shape index (κ3) is 3.29. The van der Waals surface area contributed by atoms with Gasteiger partial charge in [-0.3, -0.25) is 0 Å². The monoisotopic (exact) mass is 251 g/mol. The van der Waals surface area contributed by atoms with Crippen LogP contribution in [0.2, 0.25) is 5.28 Å². The van der Waals surface area contributed by atoms with Crippen LogP contribution in [0.15, 0.2) is 30.3 Å². The summed E-state index contributed by atoms with van der Waals surface area (Å²) in [4.78, 5) is 11.5. The van der Waals surface area contributed by atoms with Crippen LogP contribution in [0.5, 0.6) is 12.0 Å². The number of hydrogen-bond donors (Lipinski definition) is 0. The Balaban J connectivity index is 2.06. The first-order chi connectivity index (χ1) is 8.28. The van der Waals surface area contributed by atoms with Crippen LogP contribution in [0.4, 0.5) is 0 Å². The Morgan fingerprint density at radius 2 is 1.76 bits per heavy atom. The summed E-state index contributed by atoms with van der Waals surface area (Å²) in [5, 5.41) is 0.0416. The Hall–Kier alpha value is -1.88. The quantitative estimate of drug-likeness (QED) is 0.833. The van der Waals surface area contributed by atoms with Crippen LogP contribution >= 0.6 is 11.6 Å². The fraction of sp³-hybridized carbons (Fsp3) is 0.182. The fourth-order valence-electron chi connectivity index (χ4n) is 1.19. The summed E-state index contributed by atoms with van der Waals surface area (Å²) in [7, 11) is 1.45. The summed E-state index contributed by atoms with van der Waals surface area (Å²) in [6.45, 7) is 0.365. The molecule has 0 atom stereocenters. The Morgan fingerprint density at radius 1 is 1.06 bits per heavy atom. The molecule has 88 valence electrons. The minimum absolute atomic E-state index is 0.0416. The van der Waals surface area contributed by atoms with Crippen molar-refractivity contribution >= 4 is 11.6 Å². The van der Waals surface area contributed by atoms with Gasteiger partial charge in [0.1, 0.15) is 6.61 Å². The standard InChI is InChI=1S/C11H10ClN3O2/c1-16-10-13-9(12)14-11(15-10)17-7-8-5-3-2-4-6-8/h2-6H,7H2,1H3. The topological polar surface area (TPSA) is 57.1 Å². The minimum Gasteiger partial charge on any atom is -0.467 e. The molecule has 0 saturated heterocycles. The molecular formula is C11H10ClN3O2. The van der Waals surface area contributed by atoms with Crippen molar-refractivity contribution in [2.24, 2.45) is 0 Å². The molecule has 0 aliphatic carbocycles. The molecule has 0 spiro atoms. The van der Waals surface area contributed by atoms with Gasteiger partial charge in [-0.05, 0) is 17.2 Å². The molecule has 5 nitrogen and oxygen atoms in total. The molecule has 0 saturated carbocycles. The zero-order valence-corrected chi connectivity index (χ0v) is 9.89. The van der Waals surface area contributed by atoms with Crippen molar-refractivity contribution in [1.29, 1.82) is 0 Å². The maximum atomic E-state index is 5.69.